The number of carbonyl (C=O) groups excluding carboxylic acids is 1. The van der Waals surface area contributed by atoms with Gasteiger partial charge in [-0.3, -0.25) is 4.79 Å². The van der Waals surface area contributed by atoms with Crippen molar-refractivity contribution < 1.29 is 4.79 Å². The van der Waals surface area contributed by atoms with Crippen molar-refractivity contribution in [3.8, 4) is 0 Å². The van der Waals surface area contributed by atoms with Crippen molar-refractivity contribution >= 4 is 11.6 Å². The number of aliphatic imine (C=N–C) groups is 1. The average molecular weight is 221 g/mol. The van der Waals surface area contributed by atoms with Gasteiger partial charge in [0.25, 0.3) is 5.91 Å². The first kappa shape index (κ1) is 17.0. The fraction of sp³-hybridized carbons (Fsp3) is 0.429. The van der Waals surface area contributed by atoms with Crippen molar-refractivity contribution in [2.75, 3.05) is 0 Å². The highest BCUT2D eigenvalue weighted by molar-refractivity contribution is 6.02. The summed E-state index contributed by atoms with van der Waals surface area (Å²) in [6.07, 6.45) is 0. The Morgan fingerprint density at radius 1 is 0.938 bits per heavy atom. The summed E-state index contributed by atoms with van der Waals surface area (Å²) in [5.74, 6) is -0.171. The molecule has 90 valence electrons. The summed E-state index contributed by atoms with van der Waals surface area (Å²) >= 11 is 0. The highest BCUT2D eigenvalue weighted by atomic mass is 16.1. The summed E-state index contributed by atoms with van der Waals surface area (Å²) in [6.45, 7) is 11.6. The van der Waals surface area contributed by atoms with Gasteiger partial charge in [-0.25, -0.2) is 4.99 Å². The Bertz CT molecular complexity index is 298. The van der Waals surface area contributed by atoms with Gasteiger partial charge in [-0.1, -0.05) is 45.9 Å². The first-order valence-electron chi connectivity index (χ1n) is 5.81. The van der Waals surface area contributed by atoms with Crippen LogP contribution in [0, 0.1) is 0 Å². The second-order valence-electron chi connectivity index (χ2n) is 2.73. The second kappa shape index (κ2) is 11.6. The average Bonchev–Trinajstić information content (AvgIpc) is 2.34. The summed E-state index contributed by atoms with van der Waals surface area (Å²) in [4.78, 5) is 15.1. The smallest absolute Gasteiger partial charge is 0.267 e. The molecule has 0 aliphatic rings. The van der Waals surface area contributed by atoms with E-state index in [2.05, 4.69) is 4.99 Å². The summed E-state index contributed by atoms with van der Waals surface area (Å²) in [7, 11) is 0. The van der Waals surface area contributed by atoms with Gasteiger partial charge in [0.2, 0.25) is 0 Å². The highest BCUT2D eigenvalue weighted by Gasteiger charge is 2.00. The van der Waals surface area contributed by atoms with Gasteiger partial charge in [-0.2, -0.15) is 0 Å². The lowest BCUT2D eigenvalue weighted by molar-refractivity contribution is 0.100. The zero-order chi connectivity index (χ0) is 13.0. The van der Waals surface area contributed by atoms with E-state index in [1.54, 1.807) is 26.0 Å². The van der Waals surface area contributed by atoms with Crippen LogP contribution in [0.5, 0.6) is 0 Å². The van der Waals surface area contributed by atoms with E-state index in [0.29, 0.717) is 5.56 Å². The van der Waals surface area contributed by atoms with E-state index < -0.39 is 0 Å². The van der Waals surface area contributed by atoms with Crippen LogP contribution in [0.15, 0.2) is 35.3 Å². The number of hydrogen-bond acceptors (Lipinski definition) is 1. The molecule has 0 bridgehead atoms. The van der Waals surface area contributed by atoms with E-state index in [1.165, 1.54) is 0 Å². The Kier molecular flexibility index (Phi) is 12.3. The number of benzene rings is 1. The Labute approximate surface area is 99.4 Å². The molecule has 16 heavy (non-hydrogen) atoms. The number of hydrogen-bond donors (Lipinski definition) is 0. The Hall–Kier alpha value is -1.44. The fourth-order valence-corrected chi connectivity index (χ4v) is 0.848. The lowest BCUT2D eigenvalue weighted by Crippen LogP contribution is -1.96. The molecule has 0 saturated carbocycles. The van der Waals surface area contributed by atoms with E-state index in [0.717, 1.165) is 5.71 Å². The monoisotopic (exact) mass is 221 g/mol. The van der Waals surface area contributed by atoms with Crippen LogP contribution in [0.25, 0.3) is 0 Å². The summed E-state index contributed by atoms with van der Waals surface area (Å²) in [5, 5.41) is 0. The standard InChI is InChI=1S/C10H11NO.2C2H6/c1-8(2)11-10(12)9-6-4-3-5-7-9;2*1-2/h3-7H,1-2H3;2*1-2H3. The van der Waals surface area contributed by atoms with Crippen molar-refractivity contribution in [2.24, 2.45) is 4.99 Å². The summed E-state index contributed by atoms with van der Waals surface area (Å²) < 4.78 is 0. The molecule has 2 heteroatoms. The number of carbonyl (C=O) groups is 1. The molecule has 1 aromatic rings. The Morgan fingerprint density at radius 3 is 1.75 bits per heavy atom. The third-order valence-corrected chi connectivity index (χ3v) is 1.35. The minimum absolute atomic E-state index is 0.171. The molecule has 0 N–H and O–H groups in total. The molecule has 0 aromatic heterocycles. The van der Waals surface area contributed by atoms with E-state index >= 15 is 0 Å². The van der Waals surface area contributed by atoms with Crippen LogP contribution in [0.3, 0.4) is 0 Å². The first-order valence-corrected chi connectivity index (χ1v) is 5.81. The zero-order valence-electron chi connectivity index (χ0n) is 11.2. The highest BCUT2D eigenvalue weighted by Crippen LogP contribution is 2.00. The fourth-order valence-electron chi connectivity index (χ4n) is 0.848. The van der Waals surface area contributed by atoms with Gasteiger partial charge >= 0.3 is 0 Å². The van der Waals surface area contributed by atoms with Crippen LogP contribution in [-0.2, 0) is 0 Å². The van der Waals surface area contributed by atoms with Gasteiger partial charge in [-0.05, 0) is 26.0 Å². The third-order valence-electron chi connectivity index (χ3n) is 1.35. The number of rotatable bonds is 1. The molecule has 1 amide bonds. The predicted molar refractivity (Wildman–Crippen MR) is 72.3 cm³/mol. The molecule has 0 spiro atoms. The van der Waals surface area contributed by atoms with Crippen LogP contribution < -0.4 is 0 Å². The number of nitrogens with zero attached hydrogens (tertiary/aromatic N) is 1. The van der Waals surface area contributed by atoms with Crippen molar-refractivity contribution in [1.29, 1.82) is 0 Å². The van der Waals surface area contributed by atoms with Gasteiger partial charge in [0.15, 0.2) is 0 Å². The van der Waals surface area contributed by atoms with Gasteiger partial charge in [0.1, 0.15) is 0 Å². The molecule has 0 fully saturated rings. The molecule has 0 aliphatic carbocycles. The molecule has 0 atom stereocenters. The Morgan fingerprint density at radius 2 is 1.38 bits per heavy atom. The van der Waals surface area contributed by atoms with E-state index in [1.807, 2.05) is 45.9 Å². The minimum atomic E-state index is -0.171. The normalized spacial score (nSPS) is 7.62. The molecule has 1 aromatic carbocycles. The molecule has 0 unspecified atom stereocenters. The summed E-state index contributed by atoms with van der Waals surface area (Å²) in [6, 6.07) is 9.05. The van der Waals surface area contributed by atoms with Crippen molar-refractivity contribution in [1.82, 2.24) is 0 Å². The van der Waals surface area contributed by atoms with Gasteiger partial charge in [-0.15, -0.1) is 0 Å². The molecular weight excluding hydrogens is 198 g/mol. The van der Waals surface area contributed by atoms with E-state index in [4.69, 9.17) is 0 Å². The molecule has 2 nitrogen and oxygen atoms in total. The quantitative estimate of drug-likeness (QED) is 0.648. The molecular formula is C14H23NO. The first-order chi connectivity index (χ1) is 7.70. The minimum Gasteiger partial charge on any atom is -0.267 e. The second-order valence-corrected chi connectivity index (χ2v) is 2.73. The summed E-state index contributed by atoms with van der Waals surface area (Å²) in [5.41, 5.74) is 1.42. The van der Waals surface area contributed by atoms with Gasteiger partial charge in [0.05, 0.1) is 0 Å². The molecule has 1 rings (SSSR count). The van der Waals surface area contributed by atoms with Gasteiger partial charge in [0, 0.05) is 11.3 Å². The van der Waals surface area contributed by atoms with E-state index in [9.17, 15) is 4.79 Å². The molecule has 0 heterocycles. The zero-order valence-corrected chi connectivity index (χ0v) is 11.2. The largest absolute Gasteiger partial charge is 0.276 e. The van der Waals surface area contributed by atoms with Crippen molar-refractivity contribution in [3.63, 3.8) is 0 Å². The van der Waals surface area contributed by atoms with Crippen LogP contribution in [-0.4, -0.2) is 11.6 Å². The van der Waals surface area contributed by atoms with Crippen molar-refractivity contribution in [2.45, 2.75) is 41.5 Å². The van der Waals surface area contributed by atoms with Crippen LogP contribution >= 0.6 is 0 Å². The number of amides is 1. The molecule has 0 aliphatic heterocycles. The van der Waals surface area contributed by atoms with Gasteiger partial charge < -0.3 is 0 Å². The topological polar surface area (TPSA) is 29.4 Å². The maximum absolute atomic E-state index is 11.3. The van der Waals surface area contributed by atoms with E-state index in [-0.39, 0.29) is 5.91 Å². The van der Waals surface area contributed by atoms with Crippen LogP contribution in [0.4, 0.5) is 0 Å². The third kappa shape index (κ3) is 7.92. The lowest BCUT2D eigenvalue weighted by atomic mass is 10.2. The Balaban J connectivity index is 0. The maximum Gasteiger partial charge on any atom is 0.276 e. The SMILES string of the molecule is CC.CC.CC(C)=NC(=O)c1ccccc1. The maximum atomic E-state index is 11.3. The van der Waals surface area contributed by atoms with Crippen LogP contribution in [0.1, 0.15) is 51.9 Å². The van der Waals surface area contributed by atoms with Crippen molar-refractivity contribution in [3.05, 3.63) is 35.9 Å². The van der Waals surface area contributed by atoms with Crippen LogP contribution in [0.2, 0.25) is 0 Å². The molecule has 0 saturated heterocycles. The lowest BCUT2D eigenvalue weighted by Gasteiger charge is -1.93. The molecule has 0 radical (unpaired) electrons. The predicted octanol–water partition coefficient (Wildman–Crippen LogP) is 4.36.